The fraction of sp³-hybridized carbons (Fsp3) is 0.571. The standard InChI is InChI=1S/C14H19ClF2N2/c1-18-5-7-19(8-6-18)4-2-3-12-13(16)9-11(15)10-14(12)17/h9-10H,2-8H2,1H3. The monoisotopic (exact) mass is 288 g/mol. The highest BCUT2D eigenvalue weighted by atomic mass is 35.5. The molecule has 0 saturated carbocycles. The second-order valence-corrected chi connectivity index (χ2v) is 5.53. The highest BCUT2D eigenvalue weighted by molar-refractivity contribution is 6.30. The zero-order valence-electron chi connectivity index (χ0n) is 11.1. The lowest BCUT2D eigenvalue weighted by molar-refractivity contribution is 0.153. The molecule has 19 heavy (non-hydrogen) atoms. The Morgan fingerprint density at radius 2 is 1.68 bits per heavy atom. The van der Waals surface area contributed by atoms with E-state index in [1.807, 2.05) is 0 Å². The maximum atomic E-state index is 13.6. The molecule has 1 saturated heterocycles. The van der Waals surface area contributed by atoms with Gasteiger partial charge in [0.1, 0.15) is 11.6 Å². The van der Waals surface area contributed by atoms with E-state index in [0.717, 1.165) is 39.1 Å². The summed E-state index contributed by atoms with van der Waals surface area (Å²) in [5.41, 5.74) is 0.151. The first-order valence-corrected chi connectivity index (χ1v) is 6.98. The van der Waals surface area contributed by atoms with Gasteiger partial charge in [0, 0.05) is 36.8 Å². The normalized spacial score (nSPS) is 17.9. The number of benzene rings is 1. The summed E-state index contributed by atoms with van der Waals surface area (Å²) in [5, 5.41) is 0.109. The van der Waals surface area contributed by atoms with Gasteiger partial charge in [0.15, 0.2) is 0 Å². The Morgan fingerprint density at radius 3 is 2.26 bits per heavy atom. The summed E-state index contributed by atoms with van der Waals surface area (Å²) in [5.74, 6) is -1.08. The van der Waals surface area contributed by atoms with Crippen LogP contribution in [0.5, 0.6) is 0 Å². The maximum Gasteiger partial charge on any atom is 0.130 e. The molecule has 1 heterocycles. The molecule has 0 aliphatic carbocycles. The number of halogens is 3. The minimum absolute atomic E-state index is 0.109. The molecule has 0 aromatic heterocycles. The Labute approximate surface area is 117 Å². The van der Waals surface area contributed by atoms with Crippen LogP contribution < -0.4 is 0 Å². The molecule has 1 aromatic carbocycles. The second-order valence-electron chi connectivity index (χ2n) is 5.10. The number of hydrogen-bond donors (Lipinski definition) is 0. The number of rotatable bonds is 4. The van der Waals surface area contributed by atoms with Crippen molar-refractivity contribution in [3.8, 4) is 0 Å². The van der Waals surface area contributed by atoms with Crippen molar-refractivity contribution in [1.29, 1.82) is 0 Å². The number of piperazine rings is 1. The Bertz CT molecular complexity index is 408. The van der Waals surface area contributed by atoms with E-state index in [2.05, 4.69) is 16.8 Å². The smallest absolute Gasteiger partial charge is 0.130 e. The zero-order chi connectivity index (χ0) is 13.8. The Hall–Kier alpha value is -0.710. The van der Waals surface area contributed by atoms with Crippen LogP contribution in [0.15, 0.2) is 12.1 Å². The van der Waals surface area contributed by atoms with Crippen LogP contribution in [0.25, 0.3) is 0 Å². The van der Waals surface area contributed by atoms with Gasteiger partial charge in [0.25, 0.3) is 0 Å². The SMILES string of the molecule is CN1CCN(CCCc2c(F)cc(Cl)cc2F)CC1. The molecule has 0 atom stereocenters. The van der Waals surface area contributed by atoms with Crippen LogP contribution >= 0.6 is 11.6 Å². The van der Waals surface area contributed by atoms with Gasteiger partial charge in [-0.05, 0) is 38.6 Å². The van der Waals surface area contributed by atoms with Crippen LogP contribution in [-0.2, 0) is 6.42 Å². The molecular formula is C14H19ClF2N2. The van der Waals surface area contributed by atoms with Crippen molar-refractivity contribution in [2.75, 3.05) is 39.8 Å². The molecule has 1 aliphatic heterocycles. The van der Waals surface area contributed by atoms with E-state index in [1.165, 1.54) is 12.1 Å². The molecule has 0 spiro atoms. The molecule has 1 fully saturated rings. The van der Waals surface area contributed by atoms with Crippen molar-refractivity contribution in [1.82, 2.24) is 9.80 Å². The number of likely N-dealkylation sites (N-methyl/N-ethyl adjacent to an activating group) is 1. The summed E-state index contributed by atoms with van der Waals surface area (Å²) < 4.78 is 27.2. The fourth-order valence-electron chi connectivity index (χ4n) is 2.36. The van der Waals surface area contributed by atoms with Gasteiger partial charge >= 0.3 is 0 Å². The Balaban J connectivity index is 1.83. The average Bonchev–Trinajstić information content (AvgIpc) is 2.34. The van der Waals surface area contributed by atoms with Crippen molar-refractivity contribution < 1.29 is 8.78 Å². The molecule has 5 heteroatoms. The van der Waals surface area contributed by atoms with Gasteiger partial charge in [0.2, 0.25) is 0 Å². The van der Waals surface area contributed by atoms with Crippen LogP contribution in [0.2, 0.25) is 5.02 Å². The predicted octanol–water partition coefficient (Wildman–Crippen LogP) is 2.80. The predicted molar refractivity (Wildman–Crippen MR) is 73.6 cm³/mol. The van der Waals surface area contributed by atoms with Crippen LogP contribution in [-0.4, -0.2) is 49.6 Å². The number of hydrogen-bond acceptors (Lipinski definition) is 2. The third-order valence-electron chi connectivity index (χ3n) is 3.60. The molecule has 2 nitrogen and oxygen atoms in total. The lowest BCUT2D eigenvalue weighted by atomic mass is 10.1. The third kappa shape index (κ3) is 4.13. The van der Waals surface area contributed by atoms with E-state index in [9.17, 15) is 8.78 Å². The zero-order valence-corrected chi connectivity index (χ0v) is 11.9. The molecule has 2 rings (SSSR count). The summed E-state index contributed by atoms with van der Waals surface area (Å²) in [4.78, 5) is 4.63. The van der Waals surface area contributed by atoms with Crippen molar-refractivity contribution >= 4 is 11.6 Å². The molecule has 1 aromatic rings. The lowest BCUT2D eigenvalue weighted by Gasteiger charge is -2.32. The van der Waals surface area contributed by atoms with E-state index in [0.29, 0.717) is 6.42 Å². The Kier molecular flexibility index (Phi) is 5.13. The van der Waals surface area contributed by atoms with Crippen LogP contribution in [0.1, 0.15) is 12.0 Å². The van der Waals surface area contributed by atoms with Crippen molar-refractivity contribution in [3.05, 3.63) is 34.4 Å². The molecular weight excluding hydrogens is 270 g/mol. The van der Waals surface area contributed by atoms with E-state index < -0.39 is 11.6 Å². The lowest BCUT2D eigenvalue weighted by Crippen LogP contribution is -2.44. The highest BCUT2D eigenvalue weighted by Crippen LogP contribution is 2.20. The second kappa shape index (κ2) is 6.64. The molecule has 1 aliphatic rings. The van der Waals surface area contributed by atoms with Crippen molar-refractivity contribution in [2.45, 2.75) is 12.8 Å². The van der Waals surface area contributed by atoms with Crippen LogP contribution in [0.4, 0.5) is 8.78 Å². The summed E-state index contributed by atoms with van der Waals surface area (Å²) >= 11 is 5.60. The van der Waals surface area contributed by atoms with Gasteiger partial charge in [-0.15, -0.1) is 0 Å². The average molecular weight is 289 g/mol. The first kappa shape index (κ1) is 14.7. The van der Waals surface area contributed by atoms with E-state index in [-0.39, 0.29) is 10.6 Å². The molecule has 0 radical (unpaired) electrons. The first-order chi connectivity index (χ1) is 9.06. The molecule has 0 unspecified atom stereocenters. The van der Waals surface area contributed by atoms with Crippen LogP contribution in [0.3, 0.4) is 0 Å². The van der Waals surface area contributed by atoms with E-state index >= 15 is 0 Å². The largest absolute Gasteiger partial charge is 0.304 e. The first-order valence-electron chi connectivity index (χ1n) is 6.60. The summed E-state index contributed by atoms with van der Waals surface area (Å²) in [6.07, 6.45) is 1.18. The van der Waals surface area contributed by atoms with Gasteiger partial charge in [-0.3, -0.25) is 0 Å². The molecule has 0 amide bonds. The maximum absolute atomic E-state index is 13.6. The van der Waals surface area contributed by atoms with Gasteiger partial charge in [-0.25, -0.2) is 8.78 Å². The minimum Gasteiger partial charge on any atom is -0.304 e. The minimum atomic E-state index is -0.539. The van der Waals surface area contributed by atoms with Crippen molar-refractivity contribution in [3.63, 3.8) is 0 Å². The summed E-state index contributed by atoms with van der Waals surface area (Å²) in [6.45, 7) is 5.06. The quantitative estimate of drug-likeness (QED) is 0.841. The van der Waals surface area contributed by atoms with Gasteiger partial charge in [-0.2, -0.15) is 0 Å². The summed E-state index contributed by atoms with van der Waals surface area (Å²) in [7, 11) is 2.11. The van der Waals surface area contributed by atoms with E-state index in [4.69, 9.17) is 11.6 Å². The van der Waals surface area contributed by atoms with Gasteiger partial charge in [-0.1, -0.05) is 11.6 Å². The van der Waals surface area contributed by atoms with Crippen molar-refractivity contribution in [2.24, 2.45) is 0 Å². The molecule has 0 N–H and O–H groups in total. The summed E-state index contributed by atoms with van der Waals surface area (Å²) in [6, 6.07) is 2.35. The topological polar surface area (TPSA) is 6.48 Å². The molecule has 0 bridgehead atoms. The van der Waals surface area contributed by atoms with E-state index in [1.54, 1.807) is 0 Å². The fourth-order valence-corrected chi connectivity index (χ4v) is 2.55. The van der Waals surface area contributed by atoms with Gasteiger partial charge < -0.3 is 9.80 Å². The van der Waals surface area contributed by atoms with Crippen LogP contribution in [0, 0.1) is 11.6 Å². The van der Waals surface area contributed by atoms with Gasteiger partial charge in [0.05, 0.1) is 0 Å². The third-order valence-corrected chi connectivity index (χ3v) is 3.82. The highest BCUT2D eigenvalue weighted by Gasteiger charge is 2.14. The molecule has 106 valence electrons. The number of nitrogens with zero attached hydrogens (tertiary/aromatic N) is 2. The Morgan fingerprint density at radius 1 is 1.11 bits per heavy atom.